The number of fused-ring (bicyclic) bond motifs is 1. The third-order valence-electron chi connectivity index (χ3n) is 4.38. The van der Waals surface area contributed by atoms with Crippen LogP contribution in [0.2, 0.25) is 0 Å². The number of rotatable bonds is 2. The van der Waals surface area contributed by atoms with Crippen molar-refractivity contribution in [2.75, 3.05) is 17.3 Å². The molecule has 2 aromatic rings. The number of carbonyl (C=O) groups is 2. The lowest BCUT2D eigenvalue weighted by Gasteiger charge is -2.16. The zero-order valence-electron chi connectivity index (χ0n) is 13.8. The molecule has 0 fully saturated rings. The maximum Gasteiger partial charge on any atom is 0.255 e. The summed E-state index contributed by atoms with van der Waals surface area (Å²) in [7, 11) is 1.74. The summed E-state index contributed by atoms with van der Waals surface area (Å²) in [5.41, 5.74) is 2.54. The third-order valence-corrected chi connectivity index (χ3v) is 4.38. The van der Waals surface area contributed by atoms with Crippen LogP contribution in [0.3, 0.4) is 0 Å². The van der Waals surface area contributed by atoms with Crippen molar-refractivity contribution in [2.24, 2.45) is 0 Å². The van der Waals surface area contributed by atoms with E-state index in [2.05, 4.69) is 5.32 Å². The lowest BCUT2D eigenvalue weighted by molar-refractivity contribution is -0.121. The van der Waals surface area contributed by atoms with Crippen molar-refractivity contribution in [3.8, 4) is 6.07 Å². The minimum absolute atomic E-state index is 0.0109. The fraction of sp³-hybridized carbons (Fsp3) is 0.211. The SMILES string of the molecule is CN1C(=O)C(C)(C)c2cc(C(=O)Nc3cccc(C#N)c3)ccc21. The number of benzene rings is 2. The van der Waals surface area contributed by atoms with Gasteiger partial charge in [-0.3, -0.25) is 9.59 Å². The second-order valence-corrected chi connectivity index (χ2v) is 6.37. The van der Waals surface area contributed by atoms with E-state index in [0.717, 1.165) is 11.3 Å². The van der Waals surface area contributed by atoms with Crippen LogP contribution < -0.4 is 10.2 Å². The van der Waals surface area contributed by atoms with Crippen molar-refractivity contribution in [2.45, 2.75) is 19.3 Å². The molecule has 0 unspecified atom stereocenters. The summed E-state index contributed by atoms with van der Waals surface area (Å²) in [4.78, 5) is 26.4. The topological polar surface area (TPSA) is 73.2 Å². The molecule has 24 heavy (non-hydrogen) atoms. The van der Waals surface area contributed by atoms with Crippen LogP contribution in [0.25, 0.3) is 0 Å². The Kier molecular flexibility index (Phi) is 3.61. The molecule has 2 aromatic carbocycles. The molecular formula is C19H17N3O2. The van der Waals surface area contributed by atoms with E-state index >= 15 is 0 Å². The predicted octanol–water partition coefficient (Wildman–Crippen LogP) is 3.06. The molecular weight excluding hydrogens is 302 g/mol. The smallest absolute Gasteiger partial charge is 0.255 e. The van der Waals surface area contributed by atoms with Crippen molar-refractivity contribution in [1.82, 2.24) is 0 Å². The molecule has 0 aliphatic carbocycles. The molecule has 0 saturated carbocycles. The molecule has 0 saturated heterocycles. The standard InChI is InChI=1S/C19H17N3O2/c1-19(2)15-10-13(7-8-16(15)22(3)18(19)24)17(23)21-14-6-4-5-12(9-14)11-20/h4-10H,1-3H3,(H,21,23). The summed E-state index contributed by atoms with van der Waals surface area (Å²) >= 11 is 0. The number of amides is 2. The van der Waals surface area contributed by atoms with Gasteiger partial charge >= 0.3 is 0 Å². The largest absolute Gasteiger partial charge is 0.322 e. The Morgan fingerprint density at radius 3 is 2.67 bits per heavy atom. The van der Waals surface area contributed by atoms with E-state index in [-0.39, 0.29) is 11.8 Å². The van der Waals surface area contributed by atoms with Crippen LogP contribution in [0, 0.1) is 11.3 Å². The molecule has 120 valence electrons. The normalized spacial score (nSPS) is 14.9. The highest BCUT2D eigenvalue weighted by molar-refractivity contribution is 6.10. The molecule has 5 nitrogen and oxygen atoms in total. The first-order chi connectivity index (χ1) is 11.3. The van der Waals surface area contributed by atoms with Crippen molar-refractivity contribution in [3.05, 3.63) is 59.2 Å². The van der Waals surface area contributed by atoms with E-state index in [0.29, 0.717) is 16.8 Å². The maximum atomic E-state index is 12.5. The zero-order valence-corrected chi connectivity index (χ0v) is 13.8. The minimum Gasteiger partial charge on any atom is -0.322 e. The number of nitrogens with zero attached hydrogens (tertiary/aromatic N) is 2. The Morgan fingerprint density at radius 1 is 1.21 bits per heavy atom. The van der Waals surface area contributed by atoms with Crippen molar-refractivity contribution < 1.29 is 9.59 Å². The first-order valence-electron chi connectivity index (χ1n) is 7.59. The Morgan fingerprint density at radius 2 is 1.96 bits per heavy atom. The monoisotopic (exact) mass is 319 g/mol. The number of nitriles is 1. The number of hydrogen-bond acceptors (Lipinski definition) is 3. The van der Waals surface area contributed by atoms with Gasteiger partial charge in [0, 0.05) is 24.0 Å². The van der Waals surface area contributed by atoms with Crippen LogP contribution in [0.15, 0.2) is 42.5 Å². The van der Waals surface area contributed by atoms with Gasteiger partial charge in [0.05, 0.1) is 17.0 Å². The van der Waals surface area contributed by atoms with Gasteiger partial charge in [0.2, 0.25) is 5.91 Å². The fourth-order valence-electron chi connectivity index (χ4n) is 2.98. The van der Waals surface area contributed by atoms with E-state index < -0.39 is 5.41 Å². The van der Waals surface area contributed by atoms with Gasteiger partial charge in [-0.25, -0.2) is 0 Å². The Hall–Kier alpha value is -3.13. The van der Waals surface area contributed by atoms with Gasteiger partial charge < -0.3 is 10.2 Å². The molecule has 1 heterocycles. The van der Waals surface area contributed by atoms with Gasteiger partial charge in [-0.15, -0.1) is 0 Å². The Bertz CT molecular complexity index is 894. The second-order valence-electron chi connectivity index (χ2n) is 6.37. The first-order valence-corrected chi connectivity index (χ1v) is 7.59. The summed E-state index contributed by atoms with van der Waals surface area (Å²) in [5, 5.41) is 11.7. The van der Waals surface area contributed by atoms with E-state index in [1.807, 2.05) is 19.9 Å². The molecule has 3 rings (SSSR count). The molecule has 0 radical (unpaired) electrons. The number of likely N-dealkylation sites (N-methyl/N-ethyl adjacent to an activating group) is 1. The molecule has 1 N–H and O–H groups in total. The molecule has 1 aliphatic heterocycles. The first kappa shape index (κ1) is 15.8. The Labute approximate surface area is 140 Å². The van der Waals surface area contributed by atoms with Crippen molar-refractivity contribution in [1.29, 1.82) is 5.26 Å². The summed E-state index contributed by atoms with van der Waals surface area (Å²) in [6.07, 6.45) is 0. The highest BCUT2D eigenvalue weighted by Crippen LogP contribution is 2.41. The maximum absolute atomic E-state index is 12.5. The van der Waals surface area contributed by atoms with E-state index in [1.54, 1.807) is 54.4 Å². The summed E-state index contributed by atoms with van der Waals surface area (Å²) in [6.45, 7) is 3.71. The van der Waals surface area contributed by atoms with Gasteiger partial charge in [-0.2, -0.15) is 5.26 Å². The van der Waals surface area contributed by atoms with Crippen LogP contribution in [-0.2, 0) is 10.2 Å². The van der Waals surface area contributed by atoms with Crippen LogP contribution in [-0.4, -0.2) is 18.9 Å². The molecule has 2 amide bonds. The van der Waals surface area contributed by atoms with Crippen LogP contribution in [0.4, 0.5) is 11.4 Å². The molecule has 1 aliphatic rings. The molecule has 0 aromatic heterocycles. The minimum atomic E-state index is -0.652. The van der Waals surface area contributed by atoms with Gasteiger partial charge in [-0.05, 0) is 55.8 Å². The average molecular weight is 319 g/mol. The van der Waals surface area contributed by atoms with Crippen LogP contribution in [0.5, 0.6) is 0 Å². The zero-order chi connectivity index (χ0) is 17.5. The van der Waals surface area contributed by atoms with E-state index in [9.17, 15) is 9.59 Å². The quantitative estimate of drug-likeness (QED) is 0.924. The van der Waals surface area contributed by atoms with E-state index in [4.69, 9.17) is 5.26 Å². The van der Waals surface area contributed by atoms with Crippen molar-refractivity contribution in [3.63, 3.8) is 0 Å². The van der Waals surface area contributed by atoms with Crippen LogP contribution in [0.1, 0.15) is 35.3 Å². The van der Waals surface area contributed by atoms with Gasteiger partial charge in [0.1, 0.15) is 0 Å². The lowest BCUT2D eigenvalue weighted by atomic mass is 9.85. The number of hydrogen-bond donors (Lipinski definition) is 1. The van der Waals surface area contributed by atoms with Gasteiger partial charge in [0.15, 0.2) is 0 Å². The van der Waals surface area contributed by atoms with Crippen LogP contribution >= 0.6 is 0 Å². The summed E-state index contributed by atoms with van der Waals surface area (Å²) in [6, 6.07) is 14.0. The van der Waals surface area contributed by atoms with Gasteiger partial charge in [0.25, 0.3) is 5.91 Å². The predicted molar refractivity (Wildman–Crippen MR) is 92.0 cm³/mol. The highest BCUT2D eigenvalue weighted by atomic mass is 16.2. The van der Waals surface area contributed by atoms with Gasteiger partial charge in [-0.1, -0.05) is 6.07 Å². The molecule has 0 atom stereocenters. The number of carbonyl (C=O) groups excluding carboxylic acids is 2. The number of nitrogens with one attached hydrogen (secondary N) is 1. The fourth-order valence-corrected chi connectivity index (χ4v) is 2.98. The highest BCUT2D eigenvalue weighted by Gasteiger charge is 2.42. The van der Waals surface area contributed by atoms with E-state index in [1.165, 1.54) is 0 Å². The molecule has 5 heteroatoms. The third kappa shape index (κ3) is 2.42. The second kappa shape index (κ2) is 5.50. The molecule has 0 spiro atoms. The van der Waals surface area contributed by atoms with Crippen molar-refractivity contribution >= 4 is 23.2 Å². The Balaban J connectivity index is 1.92. The summed E-state index contributed by atoms with van der Waals surface area (Å²) in [5.74, 6) is -0.262. The molecule has 0 bridgehead atoms. The lowest BCUT2D eigenvalue weighted by Crippen LogP contribution is -2.33. The summed E-state index contributed by atoms with van der Waals surface area (Å²) < 4.78 is 0. The average Bonchev–Trinajstić information content (AvgIpc) is 2.75. The number of anilines is 2.